The summed E-state index contributed by atoms with van der Waals surface area (Å²) in [6, 6.07) is 0.539. The lowest BCUT2D eigenvalue weighted by Crippen LogP contribution is -2.58. The van der Waals surface area contributed by atoms with Gasteiger partial charge in [0.1, 0.15) is 0 Å². The second-order valence-electron chi connectivity index (χ2n) is 7.14. The summed E-state index contributed by atoms with van der Waals surface area (Å²) in [5, 5.41) is 3.39. The van der Waals surface area contributed by atoms with Gasteiger partial charge in [0.05, 0.1) is 0 Å². The van der Waals surface area contributed by atoms with Crippen molar-refractivity contribution in [3.63, 3.8) is 0 Å². The van der Waals surface area contributed by atoms with Crippen molar-refractivity contribution in [1.82, 2.24) is 15.1 Å². The second-order valence-corrected chi connectivity index (χ2v) is 7.14. The zero-order valence-corrected chi connectivity index (χ0v) is 13.5. The van der Waals surface area contributed by atoms with Crippen molar-refractivity contribution in [2.45, 2.75) is 51.6 Å². The zero-order valence-electron chi connectivity index (χ0n) is 13.5. The molecule has 3 heteroatoms. The number of likely N-dealkylation sites (N-methyl/N-ethyl adjacent to an activating group) is 2. The van der Waals surface area contributed by atoms with E-state index in [0.29, 0.717) is 17.0 Å². The van der Waals surface area contributed by atoms with Gasteiger partial charge in [0.15, 0.2) is 0 Å². The molecule has 0 aromatic carbocycles. The monoisotopic (exact) mass is 255 g/mol. The SMILES string of the molecule is CNC(C)C(C)(C)CN(C)CC1(N(C)C)CCC1. The van der Waals surface area contributed by atoms with E-state index in [9.17, 15) is 0 Å². The standard InChI is InChI=1S/C15H33N3/c1-13(16-4)14(2,3)11-18(7)12-15(17(5)6)9-8-10-15/h13,16H,8-12H2,1-7H3. The Morgan fingerprint density at radius 2 is 1.78 bits per heavy atom. The highest BCUT2D eigenvalue weighted by Crippen LogP contribution is 2.37. The van der Waals surface area contributed by atoms with E-state index in [4.69, 9.17) is 0 Å². The molecule has 3 nitrogen and oxygen atoms in total. The number of hydrogen-bond donors (Lipinski definition) is 1. The molecule has 1 fully saturated rings. The minimum Gasteiger partial charge on any atom is -0.317 e. The van der Waals surface area contributed by atoms with Crippen LogP contribution in [0.1, 0.15) is 40.0 Å². The predicted molar refractivity (Wildman–Crippen MR) is 80.1 cm³/mol. The molecule has 1 N–H and O–H groups in total. The number of nitrogens with one attached hydrogen (secondary N) is 1. The molecular formula is C15H33N3. The van der Waals surface area contributed by atoms with Crippen LogP contribution in [0.3, 0.4) is 0 Å². The summed E-state index contributed by atoms with van der Waals surface area (Å²) in [4.78, 5) is 4.95. The lowest BCUT2D eigenvalue weighted by Gasteiger charge is -2.50. The summed E-state index contributed by atoms with van der Waals surface area (Å²) in [7, 11) is 8.79. The van der Waals surface area contributed by atoms with Crippen molar-refractivity contribution in [3.8, 4) is 0 Å². The molecule has 0 saturated heterocycles. The van der Waals surface area contributed by atoms with Crippen LogP contribution in [0.15, 0.2) is 0 Å². The molecule has 0 amide bonds. The molecule has 0 aromatic heterocycles. The van der Waals surface area contributed by atoms with Crippen LogP contribution in [-0.4, -0.2) is 62.7 Å². The van der Waals surface area contributed by atoms with E-state index in [0.717, 1.165) is 6.54 Å². The third-order valence-electron chi connectivity index (χ3n) is 5.08. The van der Waals surface area contributed by atoms with Crippen molar-refractivity contribution in [2.75, 3.05) is 41.3 Å². The molecule has 0 aliphatic heterocycles. The third-order valence-corrected chi connectivity index (χ3v) is 5.08. The van der Waals surface area contributed by atoms with Gasteiger partial charge in [-0.05, 0) is 59.8 Å². The molecule has 108 valence electrons. The van der Waals surface area contributed by atoms with Crippen molar-refractivity contribution >= 4 is 0 Å². The van der Waals surface area contributed by atoms with Crippen LogP contribution >= 0.6 is 0 Å². The van der Waals surface area contributed by atoms with Crippen LogP contribution in [0.2, 0.25) is 0 Å². The highest BCUT2D eigenvalue weighted by atomic mass is 15.2. The maximum atomic E-state index is 3.39. The van der Waals surface area contributed by atoms with Crippen LogP contribution in [0.4, 0.5) is 0 Å². The second kappa shape index (κ2) is 5.89. The van der Waals surface area contributed by atoms with Crippen LogP contribution in [0.25, 0.3) is 0 Å². The van der Waals surface area contributed by atoms with Gasteiger partial charge in [0.25, 0.3) is 0 Å². The van der Waals surface area contributed by atoms with E-state index in [-0.39, 0.29) is 0 Å². The first-order valence-corrected chi connectivity index (χ1v) is 7.27. The first kappa shape index (κ1) is 15.9. The maximum absolute atomic E-state index is 3.39. The van der Waals surface area contributed by atoms with Gasteiger partial charge in [-0.15, -0.1) is 0 Å². The number of hydrogen-bond acceptors (Lipinski definition) is 3. The smallest absolute Gasteiger partial charge is 0.0330 e. The Hall–Kier alpha value is -0.120. The fourth-order valence-corrected chi connectivity index (χ4v) is 3.11. The lowest BCUT2D eigenvalue weighted by atomic mass is 9.75. The van der Waals surface area contributed by atoms with Crippen LogP contribution in [0.5, 0.6) is 0 Å². The molecule has 1 saturated carbocycles. The zero-order chi connectivity index (χ0) is 14.0. The number of nitrogens with zero attached hydrogens (tertiary/aromatic N) is 2. The van der Waals surface area contributed by atoms with Gasteiger partial charge in [0.2, 0.25) is 0 Å². The Balaban J connectivity index is 2.53. The van der Waals surface area contributed by atoms with E-state index in [2.05, 4.69) is 64.1 Å². The Morgan fingerprint density at radius 3 is 2.11 bits per heavy atom. The van der Waals surface area contributed by atoms with Gasteiger partial charge in [-0.3, -0.25) is 0 Å². The van der Waals surface area contributed by atoms with Crippen LogP contribution in [0, 0.1) is 5.41 Å². The molecule has 0 bridgehead atoms. The van der Waals surface area contributed by atoms with Gasteiger partial charge in [-0.1, -0.05) is 13.8 Å². The first-order valence-electron chi connectivity index (χ1n) is 7.27. The topological polar surface area (TPSA) is 18.5 Å². The van der Waals surface area contributed by atoms with E-state index >= 15 is 0 Å². The van der Waals surface area contributed by atoms with Crippen molar-refractivity contribution in [2.24, 2.45) is 5.41 Å². The molecule has 18 heavy (non-hydrogen) atoms. The van der Waals surface area contributed by atoms with Gasteiger partial charge < -0.3 is 15.1 Å². The van der Waals surface area contributed by atoms with Gasteiger partial charge in [-0.2, -0.15) is 0 Å². The van der Waals surface area contributed by atoms with Gasteiger partial charge >= 0.3 is 0 Å². The summed E-state index contributed by atoms with van der Waals surface area (Å²) in [6.07, 6.45) is 4.10. The van der Waals surface area contributed by atoms with Crippen molar-refractivity contribution in [3.05, 3.63) is 0 Å². The summed E-state index contributed by atoms with van der Waals surface area (Å²) in [5.74, 6) is 0. The van der Waals surface area contributed by atoms with E-state index in [1.807, 2.05) is 0 Å². The van der Waals surface area contributed by atoms with Crippen molar-refractivity contribution < 1.29 is 0 Å². The lowest BCUT2D eigenvalue weighted by molar-refractivity contribution is 0.0160. The average molecular weight is 255 g/mol. The summed E-state index contributed by atoms with van der Waals surface area (Å²) >= 11 is 0. The summed E-state index contributed by atoms with van der Waals surface area (Å²) < 4.78 is 0. The molecular weight excluding hydrogens is 222 g/mol. The normalized spacial score (nSPS) is 21.2. The largest absolute Gasteiger partial charge is 0.317 e. The Bertz CT molecular complexity index is 256. The Morgan fingerprint density at radius 1 is 1.22 bits per heavy atom. The molecule has 1 aliphatic carbocycles. The Labute approximate surface area is 114 Å². The molecule has 1 rings (SSSR count). The van der Waals surface area contributed by atoms with E-state index in [1.165, 1.54) is 25.8 Å². The van der Waals surface area contributed by atoms with E-state index < -0.39 is 0 Å². The number of rotatable bonds is 7. The highest BCUT2D eigenvalue weighted by Gasteiger charge is 2.40. The first-order chi connectivity index (χ1) is 8.23. The Kier molecular flexibility index (Phi) is 5.22. The predicted octanol–water partition coefficient (Wildman–Crippen LogP) is 2.04. The van der Waals surface area contributed by atoms with Gasteiger partial charge in [-0.25, -0.2) is 0 Å². The van der Waals surface area contributed by atoms with Gasteiger partial charge in [0, 0.05) is 24.7 Å². The summed E-state index contributed by atoms with van der Waals surface area (Å²) in [5.41, 5.74) is 0.745. The average Bonchev–Trinajstić information content (AvgIpc) is 2.20. The molecule has 1 unspecified atom stereocenters. The molecule has 0 aromatic rings. The van der Waals surface area contributed by atoms with Crippen molar-refractivity contribution in [1.29, 1.82) is 0 Å². The molecule has 0 radical (unpaired) electrons. The van der Waals surface area contributed by atoms with Crippen LogP contribution < -0.4 is 5.32 Å². The van der Waals surface area contributed by atoms with E-state index in [1.54, 1.807) is 0 Å². The quantitative estimate of drug-likeness (QED) is 0.751. The minimum atomic E-state index is 0.306. The molecule has 1 atom stereocenters. The highest BCUT2D eigenvalue weighted by molar-refractivity contribution is 4.98. The summed E-state index contributed by atoms with van der Waals surface area (Å²) in [6.45, 7) is 9.32. The third kappa shape index (κ3) is 3.46. The fourth-order valence-electron chi connectivity index (χ4n) is 3.11. The molecule has 1 aliphatic rings. The molecule has 0 spiro atoms. The minimum absolute atomic E-state index is 0.306. The fraction of sp³-hybridized carbons (Fsp3) is 1.00. The maximum Gasteiger partial charge on any atom is 0.0330 e. The van der Waals surface area contributed by atoms with Crippen LogP contribution in [-0.2, 0) is 0 Å². The molecule has 0 heterocycles.